The molecule has 0 bridgehead atoms. The average molecular weight is 344 g/mol. The van der Waals surface area contributed by atoms with E-state index in [9.17, 15) is 14.7 Å². The lowest BCUT2D eigenvalue weighted by Crippen LogP contribution is -2.55. The minimum atomic E-state index is -1.42. The number of rotatable bonds is 6. The van der Waals surface area contributed by atoms with E-state index < -0.39 is 17.4 Å². The maximum absolute atomic E-state index is 12.4. The normalized spacial score (nSPS) is 20.1. The lowest BCUT2D eigenvalue weighted by molar-refractivity contribution is -0.144. The molecule has 0 saturated carbocycles. The third-order valence-corrected chi connectivity index (χ3v) is 3.84. The smallest absolute Gasteiger partial charge is 0.331 e. The predicted octanol–water partition coefficient (Wildman–Crippen LogP) is 1.72. The summed E-state index contributed by atoms with van der Waals surface area (Å²) >= 11 is 6.12. The Morgan fingerprint density at radius 2 is 2.22 bits per heavy atom. The van der Waals surface area contributed by atoms with Crippen LogP contribution in [0.3, 0.4) is 0 Å². The highest BCUT2D eigenvalue weighted by Crippen LogP contribution is 2.36. The maximum atomic E-state index is 12.4. The number of hydrogen-bond donors (Lipinski definition) is 2. The molecule has 1 fully saturated rings. The number of ether oxygens (including phenoxy) is 3. The number of carboxylic acids is 1. The first-order chi connectivity index (χ1) is 10.9. The van der Waals surface area contributed by atoms with E-state index in [1.165, 1.54) is 19.2 Å². The molecule has 1 aliphatic rings. The van der Waals surface area contributed by atoms with Gasteiger partial charge in [-0.05, 0) is 19.1 Å². The molecule has 1 saturated heterocycles. The molecule has 0 spiro atoms. The van der Waals surface area contributed by atoms with Crippen molar-refractivity contribution in [3.05, 3.63) is 22.7 Å². The second-order valence-corrected chi connectivity index (χ2v) is 5.47. The van der Waals surface area contributed by atoms with E-state index in [0.29, 0.717) is 18.1 Å². The van der Waals surface area contributed by atoms with Gasteiger partial charge in [0.25, 0.3) is 5.91 Å². The molecule has 1 amide bonds. The molecule has 1 atom stereocenters. The summed E-state index contributed by atoms with van der Waals surface area (Å²) in [6.07, 6.45) is 0.204. The Balaban J connectivity index is 2.29. The molecule has 0 radical (unpaired) electrons. The molecule has 1 heterocycles. The first-order valence-electron chi connectivity index (χ1n) is 7.07. The average Bonchev–Trinajstić information content (AvgIpc) is 2.99. The van der Waals surface area contributed by atoms with Crippen molar-refractivity contribution in [2.45, 2.75) is 18.9 Å². The van der Waals surface area contributed by atoms with Crippen LogP contribution in [0.1, 0.15) is 23.7 Å². The van der Waals surface area contributed by atoms with Crippen LogP contribution in [0.4, 0.5) is 0 Å². The van der Waals surface area contributed by atoms with E-state index in [4.69, 9.17) is 25.8 Å². The van der Waals surface area contributed by atoms with Crippen molar-refractivity contribution in [1.82, 2.24) is 5.32 Å². The van der Waals surface area contributed by atoms with Crippen molar-refractivity contribution in [3.8, 4) is 11.5 Å². The number of halogens is 1. The Labute approximate surface area is 138 Å². The van der Waals surface area contributed by atoms with Gasteiger partial charge in [0.2, 0.25) is 0 Å². The van der Waals surface area contributed by atoms with E-state index in [1.54, 1.807) is 6.92 Å². The number of benzene rings is 1. The SMILES string of the molecule is CCOc1c(Cl)cc(C(=O)NC2(C(=O)O)CCOC2)cc1OC. The number of amides is 1. The summed E-state index contributed by atoms with van der Waals surface area (Å²) < 4.78 is 15.7. The van der Waals surface area contributed by atoms with Crippen LogP contribution in [0, 0.1) is 0 Å². The lowest BCUT2D eigenvalue weighted by atomic mass is 9.98. The van der Waals surface area contributed by atoms with Crippen molar-refractivity contribution in [2.75, 3.05) is 26.9 Å². The minimum absolute atomic E-state index is 0.0734. The van der Waals surface area contributed by atoms with Gasteiger partial charge in [-0.2, -0.15) is 0 Å². The quantitative estimate of drug-likeness (QED) is 0.816. The van der Waals surface area contributed by atoms with Crippen molar-refractivity contribution >= 4 is 23.5 Å². The van der Waals surface area contributed by atoms with E-state index in [2.05, 4.69) is 5.32 Å². The van der Waals surface area contributed by atoms with Gasteiger partial charge < -0.3 is 24.6 Å². The fourth-order valence-electron chi connectivity index (χ4n) is 2.31. The van der Waals surface area contributed by atoms with E-state index in [0.717, 1.165) is 0 Å². The fraction of sp³-hybridized carbons (Fsp3) is 0.467. The van der Waals surface area contributed by atoms with E-state index in [1.807, 2.05) is 0 Å². The Hall–Kier alpha value is -1.99. The molecule has 0 aromatic heterocycles. The third kappa shape index (κ3) is 3.51. The van der Waals surface area contributed by atoms with Gasteiger partial charge in [0.1, 0.15) is 0 Å². The number of aliphatic carboxylic acids is 1. The van der Waals surface area contributed by atoms with Crippen LogP contribution in [-0.4, -0.2) is 49.5 Å². The molecule has 1 aromatic carbocycles. The van der Waals surface area contributed by atoms with Crippen LogP contribution in [0.15, 0.2) is 12.1 Å². The fourth-order valence-corrected chi connectivity index (χ4v) is 2.58. The lowest BCUT2D eigenvalue weighted by Gasteiger charge is -2.24. The van der Waals surface area contributed by atoms with Crippen molar-refractivity contribution in [1.29, 1.82) is 0 Å². The highest BCUT2D eigenvalue weighted by molar-refractivity contribution is 6.32. The van der Waals surface area contributed by atoms with Crippen LogP contribution in [-0.2, 0) is 9.53 Å². The van der Waals surface area contributed by atoms with Crippen molar-refractivity contribution in [2.24, 2.45) is 0 Å². The highest BCUT2D eigenvalue weighted by Gasteiger charge is 2.44. The van der Waals surface area contributed by atoms with E-state index in [-0.39, 0.29) is 30.2 Å². The molecular weight excluding hydrogens is 326 g/mol. The second kappa shape index (κ2) is 7.06. The van der Waals surface area contributed by atoms with Gasteiger partial charge in [-0.15, -0.1) is 0 Å². The van der Waals surface area contributed by atoms with Gasteiger partial charge in [-0.25, -0.2) is 4.79 Å². The molecule has 2 N–H and O–H groups in total. The van der Waals surface area contributed by atoms with Crippen LogP contribution < -0.4 is 14.8 Å². The molecule has 1 aliphatic heterocycles. The van der Waals surface area contributed by atoms with Gasteiger partial charge in [0, 0.05) is 18.6 Å². The number of carbonyl (C=O) groups is 2. The molecule has 2 rings (SSSR count). The summed E-state index contributed by atoms with van der Waals surface area (Å²) in [6, 6.07) is 2.87. The largest absolute Gasteiger partial charge is 0.493 e. The van der Waals surface area contributed by atoms with E-state index >= 15 is 0 Å². The topological polar surface area (TPSA) is 94.1 Å². The van der Waals surface area contributed by atoms with Gasteiger partial charge in [-0.1, -0.05) is 11.6 Å². The second-order valence-electron chi connectivity index (χ2n) is 5.07. The first-order valence-corrected chi connectivity index (χ1v) is 7.45. The number of nitrogens with one attached hydrogen (secondary N) is 1. The zero-order chi connectivity index (χ0) is 17.0. The summed E-state index contributed by atoms with van der Waals surface area (Å²) in [5.74, 6) is -1.06. The van der Waals surface area contributed by atoms with Crippen LogP contribution in [0.5, 0.6) is 11.5 Å². The van der Waals surface area contributed by atoms with Crippen LogP contribution in [0.25, 0.3) is 0 Å². The first kappa shape index (κ1) is 17.4. The van der Waals surface area contributed by atoms with Gasteiger partial charge in [0.15, 0.2) is 17.0 Å². The van der Waals surface area contributed by atoms with Crippen molar-refractivity contribution < 1.29 is 28.9 Å². The molecule has 126 valence electrons. The van der Waals surface area contributed by atoms with Gasteiger partial charge in [0.05, 0.1) is 25.3 Å². The molecule has 1 aromatic rings. The monoisotopic (exact) mass is 343 g/mol. The van der Waals surface area contributed by atoms with Crippen molar-refractivity contribution in [3.63, 3.8) is 0 Å². The Kier molecular flexibility index (Phi) is 5.33. The predicted molar refractivity (Wildman–Crippen MR) is 82.4 cm³/mol. The highest BCUT2D eigenvalue weighted by atomic mass is 35.5. The van der Waals surface area contributed by atoms with Crippen LogP contribution in [0.2, 0.25) is 5.02 Å². The Morgan fingerprint density at radius 3 is 2.74 bits per heavy atom. The molecule has 23 heavy (non-hydrogen) atoms. The minimum Gasteiger partial charge on any atom is -0.493 e. The molecule has 7 nitrogen and oxygen atoms in total. The summed E-state index contributed by atoms with van der Waals surface area (Å²) in [6.45, 7) is 2.39. The number of hydrogen-bond acceptors (Lipinski definition) is 5. The molecular formula is C15H18ClNO6. The molecule has 1 unspecified atom stereocenters. The Morgan fingerprint density at radius 1 is 1.48 bits per heavy atom. The standard InChI is InChI=1S/C15H18ClNO6/c1-3-23-12-10(16)6-9(7-11(12)21-2)13(18)17-15(14(19)20)4-5-22-8-15/h6-7H,3-5,8H2,1-2H3,(H,17,18)(H,19,20). The third-order valence-electron chi connectivity index (χ3n) is 3.56. The summed E-state index contributed by atoms with van der Waals surface area (Å²) in [7, 11) is 1.43. The molecule has 0 aliphatic carbocycles. The summed E-state index contributed by atoms with van der Waals surface area (Å²) in [5.41, 5.74) is -1.24. The maximum Gasteiger partial charge on any atom is 0.331 e. The molecule has 8 heteroatoms. The number of methoxy groups -OCH3 is 1. The summed E-state index contributed by atoms with van der Waals surface area (Å²) in [5, 5.41) is 12.1. The van der Waals surface area contributed by atoms with Gasteiger partial charge in [-0.3, -0.25) is 4.79 Å². The van der Waals surface area contributed by atoms with Crippen LogP contribution >= 0.6 is 11.6 Å². The number of carboxylic acid groups (broad SMARTS) is 1. The zero-order valence-corrected chi connectivity index (χ0v) is 13.6. The van der Waals surface area contributed by atoms with Gasteiger partial charge >= 0.3 is 5.97 Å². The number of carbonyl (C=O) groups excluding carboxylic acids is 1. The summed E-state index contributed by atoms with van der Waals surface area (Å²) in [4.78, 5) is 23.9. The Bertz CT molecular complexity index is 612. The zero-order valence-electron chi connectivity index (χ0n) is 12.8.